The number of phenolic OH excluding ortho intramolecular Hbond substituents is 1. The third-order valence-corrected chi connectivity index (χ3v) is 5.99. The Hall–Kier alpha value is -3.43. The average molecular weight is 486 g/mol. The highest BCUT2D eigenvalue weighted by Crippen LogP contribution is 2.38. The molecule has 1 aliphatic heterocycles. The Labute approximate surface area is 201 Å². The first kappa shape index (κ1) is 23.7. The van der Waals surface area contributed by atoms with E-state index >= 15 is 4.39 Å². The van der Waals surface area contributed by atoms with E-state index in [4.69, 9.17) is 0 Å². The molecule has 0 unspecified atom stereocenters. The van der Waals surface area contributed by atoms with Crippen LogP contribution in [0.2, 0.25) is 0 Å². The number of halogens is 2. The number of hydrogen-bond acceptors (Lipinski definition) is 6. The van der Waals surface area contributed by atoms with E-state index in [9.17, 15) is 14.7 Å². The highest BCUT2D eigenvalue weighted by molar-refractivity contribution is 5.98. The number of hydrogen-bond donors (Lipinski definition) is 3. The normalized spacial score (nSPS) is 16.0. The number of fused-ring (bicyclic) bond motifs is 1. The lowest BCUT2D eigenvalue weighted by Crippen LogP contribution is -2.43. The van der Waals surface area contributed by atoms with Crippen LogP contribution in [0.4, 0.5) is 10.1 Å². The molecule has 3 aromatic rings. The van der Waals surface area contributed by atoms with Gasteiger partial charge in [-0.25, -0.2) is 9.82 Å². The molecule has 5 rings (SSSR count). The van der Waals surface area contributed by atoms with Crippen molar-refractivity contribution in [2.24, 2.45) is 5.10 Å². The zero-order valence-electron chi connectivity index (χ0n) is 18.3. The number of rotatable bonds is 5. The van der Waals surface area contributed by atoms with Gasteiger partial charge in [0.25, 0.3) is 5.91 Å². The van der Waals surface area contributed by atoms with Crippen molar-refractivity contribution in [2.45, 2.75) is 18.9 Å². The van der Waals surface area contributed by atoms with Crippen LogP contribution in [0.1, 0.15) is 34.8 Å². The number of nitrogens with one attached hydrogen (secondary N) is 2. The second-order valence-corrected chi connectivity index (χ2v) is 8.36. The van der Waals surface area contributed by atoms with Gasteiger partial charge in [-0.1, -0.05) is 12.1 Å². The van der Waals surface area contributed by atoms with Crippen molar-refractivity contribution in [3.8, 4) is 5.75 Å². The number of aromatic nitrogens is 1. The minimum Gasteiger partial charge on any atom is -0.508 e. The monoisotopic (exact) mass is 485 g/mol. The van der Waals surface area contributed by atoms with Gasteiger partial charge in [-0.3, -0.25) is 9.59 Å². The van der Waals surface area contributed by atoms with Gasteiger partial charge in [-0.15, -0.1) is 12.4 Å². The maximum Gasteiger partial charge on any atom is 0.276 e. The Kier molecular flexibility index (Phi) is 6.85. The molecule has 1 saturated carbocycles. The van der Waals surface area contributed by atoms with Crippen molar-refractivity contribution in [1.82, 2.24) is 15.3 Å². The molecular formula is C24H25ClFN5O3. The molecule has 178 valence electrons. The van der Waals surface area contributed by atoms with E-state index in [-0.39, 0.29) is 35.1 Å². The van der Waals surface area contributed by atoms with Gasteiger partial charge in [0.2, 0.25) is 5.43 Å². The van der Waals surface area contributed by atoms with E-state index in [2.05, 4.69) is 15.8 Å². The first-order chi connectivity index (χ1) is 16.0. The Morgan fingerprint density at radius 2 is 1.97 bits per heavy atom. The summed E-state index contributed by atoms with van der Waals surface area (Å²) in [6.07, 6.45) is 4.81. The van der Waals surface area contributed by atoms with Gasteiger partial charge in [0.05, 0.1) is 17.4 Å². The second kappa shape index (κ2) is 9.82. The third-order valence-electron chi connectivity index (χ3n) is 5.99. The minimum absolute atomic E-state index is 0. The van der Waals surface area contributed by atoms with Crippen LogP contribution in [0.5, 0.6) is 5.75 Å². The van der Waals surface area contributed by atoms with E-state index in [0.29, 0.717) is 29.9 Å². The van der Waals surface area contributed by atoms with Gasteiger partial charge in [-0.05, 0) is 42.7 Å². The van der Waals surface area contributed by atoms with Crippen LogP contribution in [0.15, 0.2) is 52.5 Å². The number of piperazine rings is 1. The molecule has 2 aliphatic rings. The molecule has 8 nitrogen and oxygen atoms in total. The number of nitrogens with zero attached hydrogens (tertiary/aromatic N) is 3. The molecule has 2 heterocycles. The molecular weight excluding hydrogens is 461 g/mol. The van der Waals surface area contributed by atoms with Gasteiger partial charge in [0.15, 0.2) is 0 Å². The van der Waals surface area contributed by atoms with Crippen LogP contribution in [0.25, 0.3) is 10.9 Å². The Bertz CT molecular complexity index is 1320. The molecule has 1 aliphatic carbocycles. The topological polar surface area (TPSA) is 99.0 Å². The van der Waals surface area contributed by atoms with E-state index in [1.165, 1.54) is 24.4 Å². The fraction of sp³-hybridized carbons (Fsp3) is 0.292. The molecule has 0 radical (unpaired) electrons. The maximum atomic E-state index is 15.0. The van der Waals surface area contributed by atoms with E-state index < -0.39 is 17.2 Å². The van der Waals surface area contributed by atoms with Crippen LogP contribution >= 0.6 is 12.4 Å². The van der Waals surface area contributed by atoms with Gasteiger partial charge in [-0.2, -0.15) is 5.10 Å². The predicted molar refractivity (Wildman–Crippen MR) is 132 cm³/mol. The third kappa shape index (κ3) is 4.76. The zero-order valence-corrected chi connectivity index (χ0v) is 19.1. The molecule has 10 heteroatoms. The number of carbonyl (C=O) groups is 1. The second-order valence-electron chi connectivity index (χ2n) is 8.36. The summed E-state index contributed by atoms with van der Waals surface area (Å²) in [6.45, 7) is 2.92. The van der Waals surface area contributed by atoms with Crippen molar-refractivity contribution in [2.75, 3.05) is 31.1 Å². The first-order valence-corrected chi connectivity index (χ1v) is 11.0. The van der Waals surface area contributed by atoms with Gasteiger partial charge in [0, 0.05) is 43.8 Å². The van der Waals surface area contributed by atoms with Crippen molar-refractivity contribution < 1.29 is 14.3 Å². The number of aromatic hydroxyl groups is 1. The molecule has 1 amide bonds. The number of hydrazone groups is 1. The SMILES string of the molecule is Cl.O=C(N/N=C\c1cccc(O)c1)c1cn(C2CC2)c2cc(N3CCNCC3)c(F)cc2c1=O. The largest absolute Gasteiger partial charge is 0.508 e. The molecule has 3 N–H and O–H groups in total. The number of phenols is 1. The molecule has 1 saturated heterocycles. The quantitative estimate of drug-likeness (QED) is 0.381. The summed E-state index contributed by atoms with van der Waals surface area (Å²) < 4.78 is 16.9. The summed E-state index contributed by atoms with van der Waals surface area (Å²) in [5, 5.41) is 16.8. The minimum atomic E-state index is -0.667. The zero-order chi connectivity index (χ0) is 22.9. The highest BCUT2D eigenvalue weighted by atomic mass is 35.5. The van der Waals surface area contributed by atoms with E-state index in [1.807, 2.05) is 9.47 Å². The molecule has 1 aromatic heterocycles. The summed E-state index contributed by atoms with van der Waals surface area (Å²) in [6, 6.07) is 9.54. The van der Waals surface area contributed by atoms with E-state index in [1.54, 1.807) is 24.4 Å². The molecule has 0 spiro atoms. The lowest BCUT2D eigenvalue weighted by atomic mass is 10.1. The molecule has 34 heavy (non-hydrogen) atoms. The van der Waals surface area contributed by atoms with Gasteiger partial charge in [0.1, 0.15) is 17.1 Å². The highest BCUT2D eigenvalue weighted by Gasteiger charge is 2.28. The van der Waals surface area contributed by atoms with Crippen molar-refractivity contribution in [1.29, 1.82) is 0 Å². The van der Waals surface area contributed by atoms with Gasteiger partial charge < -0.3 is 19.9 Å². The first-order valence-electron chi connectivity index (χ1n) is 11.0. The number of amides is 1. The van der Waals surface area contributed by atoms with Crippen LogP contribution in [-0.4, -0.2) is 48.0 Å². The smallest absolute Gasteiger partial charge is 0.276 e. The van der Waals surface area contributed by atoms with Crippen molar-refractivity contribution in [3.05, 3.63) is 69.8 Å². The lowest BCUT2D eigenvalue weighted by molar-refractivity contribution is 0.0953. The summed E-state index contributed by atoms with van der Waals surface area (Å²) in [7, 11) is 0. The number of pyridine rings is 1. The Morgan fingerprint density at radius 3 is 2.68 bits per heavy atom. The predicted octanol–water partition coefficient (Wildman–Crippen LogP) is 2.78. The van der Waals surface area contributed by atoms with Crippen LogP contribution in [0, 0.1) is 5.82 Å². The summed E-state index contributed by atoms with van der Waals surface area (Å²) in [5.74, 6) is -1.06. The Morgan fingerprint density at radius 1 is 1.21 bits per heavy atom. The van der Waals surface area contributed by atoms with Crippen molar-refractivity contribution >= 4 is 41.1 Å². The van der Waals surface area contributed by atoms with Crippen LogP contribution < -0.4 is 21.1 Å². The molecule has 0 bridgehead atoms. The Balaban J connectivity index is 0.00000274. The maximum absolute atomic E-state index is 15.0. The number of carbonyl (C=O) groups excluding carboxylic acids is 1. The summed E-state index contributed by atoms with van der Waals surface area (Å²) in [4.78, 5) is 27.9. The average Bonchev–Trinajstić information content (AvgIpc) is 3.65. The van der Waals surface area contributed by atoms with Crippen LogP contribution in [0.3, 0.4) is 0 Å². The molecule has 2 aromatic carbocycles. The summed E-state index contributed by atoms with van der Waals surface area (Å²) in [5.41, 5.74) is 3.45. The van der Waals surface area contributed by atoms with E-state index in [0.717, 1.165) is 25.9 Å². The standard InChI is InChI=1S/C24H24FN5O3.ClH/c25-20-11-18-21(12-22(20)29-8-6-26-7-9-29)30(16-4-5-16)14-19(23(18)32)24(33)28-27-13-15-2-1-3-17(31)10-15;/h1-3,10-14,16,26,31H,4-9H2,(H,28,33);1H/b27-13-;. The molecule has 0 atom stereocenters. The van der Waals surface area contributed by atoms with Crippen LogP contribution in [-0.2, 0) is 0 Å². The summed E-state index contributed by atoms with van der Waals surface area (Å²) >= 11 is 0. The van der Waals surface area contributed by atoms with Crippen molar-refractivity contribution in [3.63, 3.8) is 0 Å². The van der Waals surface area contributed by atoms with Gasteiger partial charge >= 0.3 is 0 Å². The fourth-order valence-corrected chi connectivity index (χ4v) is 4.15. The fourth-order valence-electron chi connectivity index (χ4n) is 4.15. The lowest BCUT2D eigenvalue weighted by Gasteiger charge is -2.30. The number of anilines is 1. The number of benzene rings is 2. The molecule has 2 fully saturated rings.